The Morgan fingerprint density at radius 1 is 1.39 bits per heavy atom. The average molecular weight is 310 g/mol. The molecule has 0 unspecified atom stereocenters. The van der Waals surface area contributed by atoms with E-state index in [0.717, 1.165) is 20.9 Å². The quantitative estimate of drug-likeness (QED) is 0.538. The third-order valence-corrected chi connectivity index (χ3v) is 3.39. The van der Waals surface area contributed by atoms with Crippen molar-refractivity contribution in [3.05, 3.63) is 33.9 Å². The fraction of sp³-hybridized carbons (Fsp3) is 0.231. The van der Waals surface area contributed by atoms with E-state index in [-0.39, 0.29) is 12.3 Å². The van der Waals surface area contributed by atoms with Crippen LogP contribution in [0.15, 0.2) is 22.7 Å². The molecule has 2 rings (SSSR count). The summed E-state index contributed by atoms with van der Waals surface area (Å²) < 4.78 is 5.57. The molecule has 0 fully saturated rings. The number of aromatic nitrogens is 1. The number of Topliss-reactive ketones (excluding diaryl/α,β-unsaturated/α-hetero) is 1. The number of ketones is 1. The standard InChI is InChI=1S/C13H12BrNO3/c1-3-18-13(17)12(16)10-7(2)8-5-4-6-9(14)11(8)15-10/h4-6,15H,3H2,1-2H3. The van der Waals surface area contributed by atoms with Gasteiger partial charge in [-0.1, -0.05) is 12.1 Å². The van der Waals surface area contributed by atoms with Gasteiger partial charge in [0.05, 0.1) is 17.8 Å². The van der Waals surface area contributed by atoms with Crippen LogP contribution in [0.25, 0.3) is 10.9 Å². The van der Waals surface area contributed by atoms with E-state index >= 15 is 0 Å². The van der Waals surface area contributed by atoms with Gasteiger partial charge in [-0.2, -0.15) is 0 Å². The highest BCUT2D eigenvalue weighted by molar-refractivity contribution is 9.10. The lowest BCUT2D eigenvalue weighted by Crippen LogP contribution is -2.18. The molecule has 0 aliphatic rings. The predicted octanol–water partition coefficient (Wildman–Crippen LogP) is 2.98. The van der Waals surface area contributed by atoms with E-state index in [9.17, 15) is 9.59 Å². The molecule has 5 heteroatoms. The number of benzene rings is 1. The van der Waals surface area contributed by atoms with E-state index in [2.05, 4.69) is 20.9 Å². The van der Waals surface area contributed by atoms with Crippen molar-refractivity contribution in [3.63, 3.8) is 0 Å². The average Bonchev–Trinajstić information content (AvgIpc) is 2.68. The van der Waals surface area contributed by atoms with Crippen molar-refractivity contribution in [3.8, 4) is 0 Å². The summed E-state index contributed by atoms with van der Waals surface area (Å²) in [7, 11) is 0. The number of nitrogens with one attached hydrogen (secondary N) is 1. The van der Waals surface area contributed by atoms with Gasteiger partial charge in [-0.15, -0.1) is 0 Å². The third kappa shape index (κ3) is 2.06. The van der Waals surface area contributed by atoms with E-state index < -0.39 is 11.8 Å². The van der Waals surface area contributed by atoms with E-state index in [0.29, 0.717) is 0 Å². The van der Waals surface area contributed by atoms with E-state index in [1.54, 1.807) is 13.8 Å². The first-order chi connectivity index (χ1) is 8.56. The number of halogens is 1. The summed E-state index contributed by atoms with van der Waals surface area (Å²) in [5.41, 5.74) is 1.85. The van der Waals surface area contributed by atoms with Crippen molar-refractivity contribution >= 4 is 38.6 Å². The first-order valence-electron chi connectivity index (χ1n) is 5.54. The molecule has 1 aromatic heterocycles. The van der Waals surface area contributed by atoms with Crippen LogP contribution >= 0.6 is 15.9 Å². The summed E-state index contributed by atoms with van der Waals surface area (Å²) in [6.45, 7) is 3.66. The topological polar surface area (TPSA) is 59.2 Å². The monoisotopic (exact) mass is 309 g/mol. The second-order valence-corrected chi connectivity index (χ2v) is 4.69. The summed E-state index contributed by atoms with van der Waals surface area (Å²) in [5.74, 6) is -1.47. The summed E-state index contributed by atoms with van der Waals surface area (Å²) >= 11 is 3.40. The van der Waals surface area contributed by atoms with Gasteiger partial charge < -0.3 is 9.72 Å². The molecule has 0 bridgehead atoms. The van der Waals surface area contributed by atoms with Crippen molar-refractivity contribution in [1.82, 2.24) is 4.98 Å². The Morgan fingerprint density at radius 3 is 2.72 bits per heavy atom. The molecule has 0 spiro atoms. The van der Waals surface area contributed by atoms with Gasteiger partial charge in [0.2, 0.25) is 0 Å². The number of rotatable bonds is 3. The van der Waals surface area contributed by atoms with Crippen molar-refractivity contribution in [2.45, 2.75) is 13.8 Å². The highest BCUT2D eigenvalue weighted by Gasteiger charge is 2.23. The van der Waals surface area contributed by atoms with Crippen LogP contribution in [-0.4, -0.2) is 23.3 Å². The zero-order chi connectivity index (χ0) is 13.3. The normalized spacial score (nSPS) is 10.6. The maximum atomic E-state index is 11.9. The summed E-state index contributed by atoms with van der Waals surface area (Å²) in [6.07, 6.45) is 0. The maximum Gasteiger partial charge on any atom is 0.381 e. The summed E-state index contributed by atoms with van der Waals surface area (Å²) in [4.78, 5) is 26.3. The molecular formula is C13H12BrNO3. The molecule has 0 aliphatic heterocycles. The molecule has 0 saturated carbocycles. The number of carbonyl (C=O) groups excluding carboxylic acids is 2. The van der Waals surface area contributed by atoms with Gasteiger partial charge in [0.15, 0.2) is 0 Å². The number of fused-ring (bicyclic) bond motifs is 1. The number of carbonyl (C=O) groups is 2. The van der Waals surface area contributed by atoms with Gasteiger partial charge in [-0.05, 0) is 41.4 Å². The molecule has 2 aromatic rings. The number of hydrogen-bond acceptors (Lipinski definition) is 3. The smallest absolute Gasteiger partial charge is 0.381 e. The van der Waals surface area contributed by atoms with Crippen LogP contribution in [0.2, 0.25) is 0 Å². The van der Waals surface area contributed by atoms with Crippen LogP contribution in [-0.2, 0) is 9.53 Å². The zero-order valence-corrected chi connectivity index (χ0v) is 11.6. The molecule has 1 heterocycles. The van der Waals surface area contributed by atoms with Gasteiger partial charge in [0.1, 0.15) is 0 Å². The molecular weight excluding hydrogens is 298 g/mol. The van der Waals surface area contributed by atoms with Crippen LogP contribution in [0.3, 0.4) is 0 Å². The highest BCUT2D eigenvalue weighted by atomic mass is 79.9. The predicted molar refractivity (Wildman–Crippen MR) is 71.7 cm³/mol. The second kappa shape index (κ2) is 4.94. The zero-order valence-electron chi connectivity index (χ0n) is 10.0. The maximum absolute atomic E-state index is 11.9. The van der Waals surface area contributed by atoms with E-state index in [4.69, 9.17) is 4.74 Å². The minimum Gasteiger partial charge on any atom is -0.460 e. The Kier molecular flexibility index (Phi) is 3.52. The number of para-hydroxylation sites is 1. The van der Waals surface area contributed by atoms with Crippen LogP contribution < -0.4 is 0 Å². The minimum absolute atomic E-state index is 0.188. The van der Waals surface area contributed by atoms with Crippen LogP contribution in [0, 0.1) is 6.92 Å². The molecule has 0 radical (unpaired) electrons. The highest BCUT2D eigenvalue weighted by Crippen LogP contribution is 2.28. The molecule has 0 saturated heterocycles. The van der Waals surface area contributed by atoms with E-state index in [1.807, 2.05) is 18.2 Å². The molecule has 94 valence electrons. The molecule has 0 atom stereocenters. The molecule has 4 nitrogen and oxygen atoms in total. The van der Waals surface area contributed by atoms with Crippen LogP contribution in [0.4, 0.5) is 0 Å². The molecule has 0 amide bonds. The Bertz CT molecular complexity index is 630. The molecule has 1 N–H and O–H groups in total. The van der Waals surface area contributed by atoms with Gasteiger partial charge >= 0.3 is 5.97 Å². The second-order valence-electron chi connectivity index (χ2n) is 3.84. The molecule has 1 aromatic carbocycles. The number of ether oxygens (including phenoxy) is 1. The molecule has 18 heavy (non-hydrogen) atoms. The number of esters is 1. The number of aryl methyl sites for hydroxylation is 1. The summed E-state index contributed by atoms with van der Waals surface area (Å²) in [5, 5.41) is 0.914. The first kappa shape index (κ1) is 12.8. The number of aromatic amines is 1. The number of H-pyrrole nitrogens is 1. The lowest BCUT2D eigenvalue weighted by atomic mass is 10.1. The van der Waals surface area contributed by atoms with Crippen molar-refractivity contribution in [2.24, 2.45) is 0 Å². The largest absolute Gasteiger partial charge is 0.460 e. The van der Waals surface area contributed by atoms with Crippen molar-refractivity contribution < 1.29 is 14.3 Å². The fourth-order valence-electron chi connectivity index (χ4n) is 1.84. The molecule has 0 aliphatic carbocycles. The van der Waals surface area contributed by atoms with E-state index in [1.165, 1.54) is 0 Å². The minimum atomic E-state index is -0.830. The van der Waals surface area contributed by atoms with Gasteiger partial charge in [0, 0.05) is 9.86 Å². The Morgan fingerprint density at radius 2 is 2.11 bits per heavy atom. The number of hydrogen-bond donors (Lipinski definition) is 1. The fourth-order valence-corrected chi connectivity index (χ4v) is 2.31. The van der Waals surface area contributed by atoms with Gasteiger partial charge in [-0.3, -0.25) is 4.79 Å². The Labute approximate surface area is 112 Å². The summed E-state index contributed by atoms with van der Waals surface area (Å²) in [6, 6.07) is 5.65. The van der Waals surface area contributed by atoms with Gasteiger partial charge in [-0.25, -0.2) is 4.79 Å². The Hall–Kier alpha value is -1.62. The van der Waals surface area contributed by atoms with Crippen molar-refractivity contribution in [2.75, 3.05) is 6.61 Å². The van der Waals surface area contributed by atoms with Crippen LogP contribution in [0.1, 0.15) is 23.0 Å². The third-order valence-electron chi connectivity index (χ3n) is 2.73. The Balaban J connectivity index is 2.52. The lowest BCUT2D eigenvalue weighted by molar-refractivity contribution is -0.137. The van der Waals surface area contributed by atoms with Gasteiger partial charge in [0.25, 0.3) is 5.78 Å². The lowest BCUT2D eigenvalue weighted by Gasteiger charge is -1.99. The van der Waals surface area contributed by atoms with Crippen LogP contribution in [0.5, 0.6) is 0 Å². The SMILES string of the molecule is CCOC(=O)C(=O)c1[nH]c2c(Br)cccc2c1C. The first-order valence-corrected chi connectivity index (χ1v) is 6.33. The van der Waals surface area contributed by atoms with Crippen molar-refractivity contribution in [1.29, 1.82) is 0 Å².